The maximum absolute atomic E-state index is 12.3. The van der Waals surface area contributed by atoms with Gasteiger partial charge in [0.1, 0.15) is 0 Å². The summed E-state index contributed by atoms with van der Waals surface area (Å²) in [6, 6.07) is 5.81. The summed E-state index contributed by atoms with van der Waals surface area (Å²) in [6.45, 7) is 5.40. The van der Waals surface area contributed by atoms with Crippen LogP contribution in [0, 0.1) is 13.8 Å². The number of hydrogen-bond donors (Lipinski definition) is 2. The van der Waals surface area contributed by atoms with Gasteiger partial charge in [-0.15, -0.1) is 0 Å². The molecule has 23 heavy (non-hydrogen) atoms. The SMILES string of the molecule is COCCCNc1ncc(C(=O)Nc2cccc(C)c2C)cn1. The van der Waals surface area contributed by atoms with Gasteiger partial charge in [-0.3, -0.25) is 4.79 Å². The van der Waals surface area contributed by atoms with Crippen molar-refractivity contribution in [2.24, 2.45) is 0 Å². The number of aromatic nitrogens is 2. The number of hydrogen-bond acceptors (Lipinski definition) is 5. The minimum Gasteiger partial charge on any atom is -0.385 e. The molecule has 0 aliphatic heterocycles. The third-order valence-electron chi connectivity index (χ3n) is 3.58. The van der Waals surface area contributed by atoms with Crippen LogP contribution in [0.1, 0.15) is 27.9 Å². The maximum Gasteiger partial charge on any atom is 0.258 e. The smallest absolute Gasteiger partial charge is 0.258 e. The highest BCUT2D eigenvalue weighted by Crippen LogP contribution is 2.18. The first-order valence-corrected chi connectivity index (χ1v) is 7.54. The zero-order valence-corrected chi connectivity index (χ0v) is 13.7. The largest absolute Gasteiger partial charge is 0.385 e. The van der Waals surface area contributed by atoms with E-state index in [4.69, 9.17) is 4.74 Å². The Morgan fingerprint density at radius 2 is 1.96 bits per heavy atom. The molecule has 0 fully saturated rings. The molecule has 1 amide bonds. The lowest BCUT2D eigenvalue weighted by molar-refractivity contribution is 0.102. The molecule has 6 nitrogen and oxygen atoms in total. The Balaban J connectivity index is 1.96. The lowest BCUT2D eigenvalue weighted by atomic mass is 10.1. The molecule has 1 aromatic carbocycles. The monoisotopic (exact) mass is 314 g/mol. The minimum absolute atomic E-state index is 0.218. The molecule has 1 heterocycles. The van der Waals surface area contributed by atoms with Crippen molar-refractivity contribution in [2.45, 2.75) is 20.3 Å². The number of anilines is 2. The molecule has 1 aromatic heterocycles. The first-order valence-electron chi connectivity index (χ1n) is 7.54. The Morgan fingerprint density at radius 3 is 2.65 bits per heavy atom. The van der Waals surface area contributed by atoms with Gasteiger partial charge in [-0.1, -0.05) is 12.1 Å². The Kier molecular flexibility index (Phi) is 6.05. The normalized spacial score (nSPS) is 10.4. The van der Waals surface area contributed by atoms with Gasteiger partial charge in [-0.05, 0) is 37.5 Å². The number of benzene rings is 1. The molecule has 2 rings (SSSR count). The number of carbonyl (C=O) groups excluding carboxylic acids is 1. The molecular formula is C17H22N4O2. The third kappa shape index (κ3) is 4.75. The molecule has 0 aliphatic carbocycles. The highest BCUT2D eigenvalue weighted by Gasteiger charge is 2.09. The maximum atomic E-state index is 12.3. The van der Waals surface area contributed by atoms with E-state index in [9.17, 15) is 4.79 Å². The standard InChI is InChI=1S/C17H22N4O2/c1-12-6-4-7-15(13(12)2)21-16(22)14-10-19-17(20-11-14)18-8-5-9-23-3/h4,6-7,10-11H,5,8-9H2,1-3H3,(H,21,22)(H,18,19,20). The summed E-state index contributed by atoms with van der Waals surface area (Å²) in [4.78, 5) is 20.6. The molecule has 122 valence electrons. The van der Waals surface area contributed by atoms with Crippen LogP contribution >= 0.6 is 0 Å². The van der Waals surface area contributed by atoms with Crippen molar-refractivity contribution in [3.63, 3.8) is 0 Å². The summed E-state index contributed by atoms with van der Waals surface area (Å²) in [5.41, 5.74) is 3.41. The second-order valence-electron chi connectivity index (χ2n) is 5.27. The van der Waals surface area contributed by atoms with Gasteiger partial charge in [0.15, 0.2) is 0 Å². The topological polar surface area (TPSA) is 76.1 Å². The molecule has 0 saturated heterocycles. The highest BCUT2D eigenvalue weighted by molar-refractivity contribution is 6.04. The quantitative estimate of drug-likeness (QED) is 0.769. The number of rotatable bonds is 7. The molecule has 0 radical (unpaired) electrons. The third-order valence-corrected chi connectivity index (χ3v) is 3.58. The predicted molar refractivity (Wildman–Crippen MR) is 90.9 cm³/mol. The zero-order valence-electron chi connectivity index (χ0n) is 13.7. The van der Waals surface area contributed by atoms with Crippen molar-refractivity contribution in [2.75, 3.05) is 30.9 Å². The summed E-state index contributed by atoms with van der Waals surface area (Å²) >= 11 is 0. The molecular weight excluding hydrogens is 292 g/mol. The van der Waals surface area contributed by atoms with Gasteiger partial charge in [0, 0.05) is 38.3 Å². The Morgan fingerprint density at radius 1 is 1.22 bits per heavy atom. The van der Waals surface area contributed by atoms with E-state index in [2.05, 4.69) is 20.6 Å². The number of nitrogens with one attached hydrogen (secondary N) is 2. The fourth-order valence-corrected chi connectivity index (χ4v) is 2.03. The summed E-state index contributed by atoms with van der Waals surface area (Å²) in [5.74, 6) is 0.286. The van der Waals surface area contributed by atoms with Crippen LogP contribution in [0.3, 0.4) is 0 Å². The van der Waals surface area contributed by atoms with Crippen molar-refractivity contribution < 1.29 is 9.53 Å². The summed E-state index contributed by atoms with van der Waals surface area (Å²) < 4.78 is 4.97. The highest BCUT2D eigenvalue weighted by atomic mass is 16.5. The molecule has 0 atom stereocenters. The van der Waals surface area contributed by atoms with E-state index in [0.29, 0.717) is 18.1 Å². The Hall–Kier alpha value is -2.47. The van der Waals surface area contributed by atoms with E-state index in [1.54, 1.807) is 7.11 Å². The van der Waals surface area contributed by atoms with Gasteiger partial charge in [0.05, 0.1) is 5.56 Å². The van der Waals surface area contributed by atoms with Crippen molar-refractivity contribution in [1.29, 1.82) is 0 Å². The number of methoxy groups -OCH3 is 1. The number of aryl methyl sites for hydroxylation is 1. The van der Waals surface area contributed by atoms with Crippen LogP contribution < -0.4 is 10.6 Å². The van der Waals surface area contributed by atoms with Gasteiger partial charge in [0.2, 0.25) is 5.95 Å². The van der Waals surface area contributed by atoms with Crippen LogP contribution in [-0.4, -0.2) is 36.1 Å². The lowest BCUT2D eigenvalue weighted by Gasteiger charge is -2.10. The van der Waals surface area contributed by atoms with E-state index >= 15 is 0 Å². The molecule has 0 aliphatic rings. The summed E-state index contributed by atoms with van der Waals surface area (Å²) in [7, 11) is 1.67. The average molecular weight is 314 g/mol. The van der Waals surface area contributed by atoms with Crippen molar-refractivity contribution >= 4 is 17.5 Å². The van der Waals surface area contributed by atoms with Crippen LogP contribution in [0.2, 0.25) is 0 Å². The van der Waals surface area contributed by atoms with Gasteiger partial charge in [0.25, 0.3) is 5.91 Å². The van der Waals surface area contributed by atoms with Crippen molar-refractivity contribution in [1.82, 2.24) is 9.97 Å². The minimum atomic E-state index is -0.218. The molecule has 2 aromatic rings. The van der Waals surface area contributed by atoms with E-state index in [0.717, 1.165) is 29.8 Å². The molecule has 2 N–H and O–H groups in total. The van der Waals surface area contributed by atoms with Crippen molar-refractivity contribution in [3.05, 3.63) is 47.3 Å². The van der Waals surface area contributed by atoms with Crippen LogP contribution in [-0.2, 0) is 4.74 Å². The van der Waals surface area contributed by atoms with Gasteiger partial charge in [-0.25, -0.2) is 9.97 Å². The second kappa shape index (κ2) is 8.24. The first kappa shape index (κ1) is 16.9. The second-order valence-corrected chi connectivity index (χ2v) is 5.27. The van der Waals surface area contributed by atoms with E-state index < -0.39 is 0 Å². The molecule has 0 saturated carbocycles. The Labute approximate surface area is 136 Å². The van der Waals surface area contributed by atoms with E-state index in [-0.39, 0.29) is 5.91 Å². The molecule has 0 bridgehead atoms. The number of ether oxygens (including phenoxy) is 1. The lowest BCUT2D eigenvalue weighted by Crippen LogP contribution is -2.14. The predicted octanol–water partition coefficient (Wildman–Crippen LogP) is 2.79. The summed E-state index contributed by atoms with van der Waals surface area (Å²) in [5, 5.41) is 5.97. The van der Waals surface area contributed by atoms with Gasteiger partial charge in [-0.2, -0.15) is 0 Å². The molecule has 0 unspecified atom stereocenters. The van der Waals surface area contributed by atoms with Crippen LogP contribution in [0.15, 0.2) is 30.6 Å². The fourth-order valence-electron chi connectivity index (χ4n) is 2.03. The fraction of sp³-hybridized carbons (Fsp3) is 0.353. The zero-order chi connectivity index (χ0) is 16.7. The number of carbonyl (C=O) groups is 1. The van der Waals surface area contributed by atoms with Crippen LogP contribution in [0.4, 0.5) is 11.6 Å². The van der Waals surface area contributed by atoms with Gasteiger partial charge >= 0.3 is 0 Å². The first-order chi connectivity index (χ1) is 11.1. The number of nitrogens with zero attached hydrogens (tertiary/aromatic N) is 2. The van der Waals surface area contributed by atoms with E-state index in [1.807, 2.05) is 32.0 Å². The number of amides is 1. The van der Waals surface area contributed by atoms with Crippen molar-refractivity contribution in [3.8, 4) is 0 Å². The molecule has 0 spiro atoms. The van der Waals surface area contributed by atoms with Crippen LogP contribution in [0.5, 0.6) is 0 Å². The Bertz CT molecular complexity index is 656. The van der Waals surface area contributed by atoms with Crippen LogP contribution in [0.25, 0.3) is 0 Å². The van der Waals surface area contributed by atoms with Gasteiger partial charge < -0.3 is 15.4 Å². The molecule has 6 heteroatoms. The average Bonchev–Trinajstić information content (AvgIpc) is 2.56. The summed E-state index contributed by atoms with van der Waals surface area (Å²) in [6.07, 6.45) is 3.91. The van der Waals surface area contributed by atoms with E-state index in [1.165, 1.54) is 12.4 Å².